The summed E-state index contributed by atoms with van der Waals surface area (Å²) in [6.45, 7) is 6.37. The van der Waals surface area contributed by atoms with Crippen molar-refractivity contribution in [1.29, 1.82) is 0 Å². The summed E-state index contributed by atoms with van der Waals surface area (Å²) in [5, 5.41) is 0. The molecule has 0 aliphatic heterocycles. The Hall–Kier alpha value is -4.71. The number of ether oxygens (including phenoxy) is 3. The van der Waals surface area contributed by atoms with Crippen molar-refractivity contribution in [2.75, 3.05) is 13.2 Å². The minimum absolute atomic E-state index is 0.108. The lowest BCUT2D eigenvalue weighted by molar-refractivity contribution is -0.167. The van der Waals surface area contributed by atoms with Crippen molar-refractivity contribution in [1.82, 2.24) is 0 Å². The highest BCUT2D eigenvalue weighted by Crippen LogP contribution is 2.15. The zero-order valence-electron chi connectivity index (χ0n) is 52.5. The van der Waals surface area contributed by atoms with Gasteiger partial charge >= 0.3 is 17.9 Å². The van der Waals surface area contributed by atoms with Gasteiger partial charge in [0, 0.05) is 19.3 Å². The number of hydrogen-bond donors (Lipinski definition) is 0. The maximum absolute atomic E-state index is 12.9. The Morgan fingerprint density at radius 3 is 0.802 bits per heavy atom. The predicted molar refractivity (Wildman–Crippen MR) is 352 cm³/mol. The molecule has 0 aromatic rings. The number of rotatable bonds is 59. The van der Waals surface area contributed by atoms with Crippen molar-refractivity contribution in [3.8, 4) is 0 Å². The monoisotopic (exact) mass is 1120 g/mol. The van der Waals surface area contributed by atoms with Gasteiger partial charge < -0.3 is 14.2 Å². The molecule has 1 atom stereocenters. The Labute approximate surface area is 499 Å². The van der Waals surface area contributed by atoms with Crippen LogP contribution in [0.1, 0.15) is 290 Å². The summed E-state index contributed by atoms with van der Waals surface area (Å²) in [5.74, 6) is -0.973. The van der Waals surface area contributed by atoms with Crippen LogP contribution in [0, 0.1) is 0 Å². The van der Waals surface area contributed by atoms with Gasteiger partial charge in [-0.1, -0.05) is 282 Å². The van der Waals surface area contributed by atoms with Gasteiger partial charge in [-0.15, -0.1) is 0 Å². The smallest absolute Gasteiger partial charge is 0.306 e. The van der Waals surface area contributed by atoms with Crippen LogP contribution in [0.4, 0.5) is 0 Å². The summed E-state index contributed by atoms with van der Waals surface area (Å²) in [6.07, 6.45) is 97.2. The van der Waals surface area contributed by atoms with Crippen LogP contribution < -0.4 is 0 Å². The maximum Gasteiger partial charge on any atom is 0.306 e. The van der Waals surface area contributed by atoms with Crippen molar-refractivity contribution in [2.24, 2.45) is 0 Å². The SMILES string of the molecule is CC/C=C\C/C=C\C/C=C\C/C=C\C/C=C\C/C=C\CCCCCCCCCCCCC(=O)OCC(COC(=O)CCCCCCCCC/C=C\CCCCCCCC)OC(=O)CCC/C=C\C/C=C\C/C=C\C/C=C\C/C=C\CC. The van der Waals surface area contributed by atoms with Crippen molar-refractivity contribution >= 4 is 17.9 Å². The predicted octanol–water partition coefficient (Wildman–Crippen LogP) is 23.1. The molecule has 0 aromatic carbocycles. The van der Waals surface area contributed by atoms with Crippen molar-refractivity contribution in [2.45, 2.75) is 297 Å². The lowest BCUT2D eigenvalue weighted by Gasteiger charge is -2.18. The molecule has 0 aliphatic rings. The van der Waals surface area contributed by atoms with E-state index in [1.165, 1.54) is 122 Å². The van der Waals surface area contributed by atoms with Crippen LogP contribution in [0.3, 0.4) is 0 Å². The molecule has 0 amide bonds. The second-order valence-electron chi connectivity index (χ2n) is 21.6. The van der Waals surface area contributed by atoms with Crippen LogP contribution in [0.25, 0.3) is 0 Å². The highest BCUT2D eigenvalue weighted by molar-refractivity contribution is 5.71. The highest BCUT2D eigenvalue weighted by Gasteiger charge is 2.19. The van der Waals surface area contributed by atoms with Gasteiger partial charge in [0.25, 0.3) is 0 Å². The van der Waals surface area contributed by atoms with E-state index in [1.807, 2.05) is 0 Å². The Bertz CT molecular complexity index is 1760. The molecule has 0 aromatic heterocycles. The summed E-state index contributed by atoms with van der Waals surface area (Å²) in [4.78, 5) is 38.4. The molecule has 81 heavy (non-hydrogen) atoms. The van der Waals surface area contributed by atoms with Crippen LogP contribution >= 0.6 is 0 Å². The van der Waals surface area contributed by atoms with Crippen molar-refractivity contribution < 1.29 is 28.6 Å². The molecule has 6 nitrogen and oxygen atoms in total. The van der Waals surface area contributed by atoms with Gasteiger partial charge in [-0.05, 0) is 135 Å². The van der Waals surface area contributed by atoms with E-state index in [-0.39, 0.29) is 37.5 Å². The first kappa shape index (κ1) is 76.3. The molecule has 6 heteroatoms. The molecule has 0 radical (unpaired) electrons. The van der Waals surface area contributed by atoms with Gasteiger partial charge in [-0.3, -0.25) is 14.4 Å². The van der Waals surface area contributed by atoms with Crippen LogP contribution in [0.5, 0.6) is 0 Å². The van der Waals surface area contributed by atoms with Gasteiger partial charge in [0.2, 0.25) is 0 Å². The van der Waals surface area contributed by atoms with E-state index < -0.39 is 6.10 Å². The average molecular weight is 1120 g/mol. The Morgan fingerprint density at radius 2 is 0.494 bits per heavy atom. The van der Waals surface area contributed by atoms with Crippen LogP contribution in [-0.4, -0.2) is 37.2 Å². The second-order valence-corrected chi connectivity index (χ2v) is 21.6. The van der Waals surface area contributed by atoms with E-state index in [1.54, 1.807) is 0 Å². The molecule has 0 heterocycles. The molecule has 0 fully saturated rings. The highest BCUT2D eigenvalue weighted by atomic mass is 16.6. The molecular formula is C75H122O6. The Balaban J connectivity index is 4.41. The summed E-state index contributed by atoms with van der Waals surface area (Å²) < 4.78 is 16.9. The number of hydrogen-bond acceptors (Lipinski definition) is 6. The van der Waals surface area contributed by atoms with Crippen LogP contribution in [0.2, 0.25) is 0 Å². The number of unbranched alkanes of at least 4 members (excludes halogenated alkanes) is 24. The van der Waals surface area contributed by atoms with E-state index in [0.717, 1.165) is 122 Å². The number of carbonyl (C=O) groups is 3. The second kappa shape index (κ2) is 67.8. The lowest BCUT2D eigenvalue weighted by Crippen LogP contribution is -2.30. The van der Waals surface area contributed by atoms with Crippen LogP contribution in [0.15, 0.2) is 146 Å². The quantitative estimate of drug-likeness (QED) is 0.0261. The molecular weight excluding hydrogens is 997 g/mol. The van der Waals surface area contributed by atoms with E-state index >= 15 is 0 Å². The lowest BCUT2D eigenvalue weighted by atomic mass is 10.1. The van der Waals surface area contributed by atoms with Gasteiger partial charge in [0.05, 0.1) is 0 Å². The first-order valence-electron chi connectivity index (χ1n) is 33.3. The molecule has 0 bridgehead atoms. The molecule has 0 rings (SSSR count). The van der Waals surface area contributed by atoms with E-state index in [4.69, 9.17) is 14.2 Å². The first-order chi connectivity index (χ1) is 40.0. The molecule has 0 saturated heterocycles. The maximum atomic E-state index is 12.9. The number of esters is 3. The van der Waals surface area contributed by atoms with Crippen molar-refractivity contribution in [3.05, 3.63) is 146 Å². The fourth-order valence-electron chi connectivity index (χ4n) is 8.89. The van der Waals surface area contributed by atoms with Gasteiger partial charge in [-0.25, -0.2) is 0 Å². The van der Waals surface area contributed by atoms with E-state index in [2.05, 4.69) is 167 Å². The number of carbonyl (C=O) groups excluding carboxylic acids is 3. The summed E-state index contributed by atoms with van der Waals surface area (Å²) in [6, 6.07) is 0. The first-order valence-corrected chi connectivity index (χ1v) is 33.3. The van der Waals surface area contributed by atoms with Gasteiger partial charge in [0.15, 0.2) is 6.10 Å². The molecule has 458 valence electrons. The summed E-state index contributed by atoms with van der Waals surface area (Å²) >= 11 is 0. The minimum atomic E-state index is -0.818. The van der Waals surface area contributed by atoms with Gasteiger partial charge in [-0.2, -0.15) is 0 Å². The largest absolute Gasteiger partial charge is 0.462 e. The topological polar surface area (TPSA) is 78.9 Å². The number of allylic oxidation sites excluding steroid dienone is 24. The zero-order chi connectivity index (χ0) is 58.5. The zero-order valence-corrected chi connectivity index (χ0v) is 52.5. The van der Waals surface area contributed by atoms with Crippen molar-refractivity contribution in [3.63, 3.8) is 0 Å². The third-order valence-electron chi connectivity index (χ3n) is 13.8. The minimum Gasteiger partial charge on any atom is -0.462 e. The normalized spacial score (nSPS) is 13.1. The Kier molecular flexibility index (Phi) is 63.9. The van der Waals surface area contributed by atoms with E-state index in [0.29, 0.717) is 19.3 Å². The van der Waals surface area contributed by atoms with Crippen LogP contribution in [-0.2, 0) is 28.6 Å². The average Bonchev–Trinajstić information content (AvgIpc) is 3.47. The summed E-state index contributed by atoms with van der Waals surface area (Å²) in [7, 11) is 0. The molecule has 1 unspecified atom stereocenters. The third kappa shape index (κ3) is 66.0. The fraction of sp³-hybridized carbons (Fsp3) is 0.640. The van der Waals surface area contributed by atoms with Gasteiger partial charge in [0.1, 0.15) is 13.2 Å². The third-order valence-corrected chi connectivity index (χ3v) is 13.8. The molecule has 0 aliphatic carbocycles. The molecule has 0 N–H and O–H groups in total. The van der Waals surface area contributed by atoms with E-state index in [9.17, 15) is 14.4 Å². The molecule has 0 saturated carbocycles. The molecule has 0 spiro atoms. The summed E-state index contributed by atoms with van der Waals surface area (Å²) in [5.41, 5.74) is 0. The fourth-order valence-corrected chi connectivity index (χ4v) is 8.89. The Morgan fingerprint density at radius 1 is 0.259 bits per heavy atom. The standard InChI is InChI=1S/C75H122O6/c1-4-7-10-13-16-19-22-25-28-31-32-33-34-35-36-37-38-39-40-41-42-45-47-50-53-56-59-62-65-68-74(77)80-71-72(81-75(78)69-66-63-60-57-54-51-48-44-30-27-24-21-18-15-12-9-6-3)70-79-73(76)67-64-61-58-55-52-49-46-43-29-26-23-20-17-14-11-8-5-2/h7,9-10,12,16,18-19,21,25-30,32-33,35-36,38-39,48,51,57,60,72H,4-6,8,11,13-15,17,20,22-24,31,34,37,40-47,49-50,52-56,58-59,61-71H2,1-3H3/b10-7-,12-9-,19-16-,21-18-,28-25-,29-26-,30-27-,33-32-,36-35-,39-38-,51-48-,60-57-.